The number of nitrogens with one attached hydrogen (secondary N) is 2. The molecule has 0 atom stereocenters. The number of aromatic nitrogens is 2. The van der Waals surface area contributed by atoms with Gasteiger partial charge in [0.25, 0.3) is 10.0 Å². The largest absolute Gasteiger partial charge is 0.332 e. The Labute approximate surface area is 115 Å². The van der Waals surface area contributed by atoms with Crippen LogP contribution in [0.4, 0.5) is 0 Å². The highest BCUT2D eigenvalue weighted by Crippen LogP contribution is 2.05. The van der Waals surface area contributed by atoms with Crippen molar-refractivity contribution < 1.29 is 8.42 Å². The number of hydrogen-bond acceptors (Lipinski definition) is 4. The van der Waals surface area contributed by atoms with E-state index in [1.807, 2.05) is 6.92 Å². The lowest BCUT2D eigenvalue weighted by Gasteiger charge is -2.19. The molecule has 1 heterocycles. The molecular formula is C12H24N4O2S. The summed E-state index contributed by atoms with van der Waals surface area (Å²) in [6, 6.07) is 0. The van der Waals surface area contributed by atoms with Crippen LogP contribution in [0.1, 0.15) is 33.0 Å². The zero-order chi connectivity index (χ0) is 14.3. The second kappa shape index (κ2) is 7.62. The molecule has 0 saturated carbocycles. The molecule has 19 heavy (non-hydrogen) atoms. The molecule has 0 aliphatic carbocycles. The second-order valence-corrected chi connectivity index (χ2v) is 6.12. The number of nitrogens with zero attached hydrogens (tertiary/aromatic N) is 2. The highest BCUT2D eigenvalue weighted by Gasteiger charge is 2.16. The number of hydrogen-bond donors (Lipinski definition) is 2. The third-order valence-corrected chi connectivity index (χ3v) is 4.31. The predicted molar refractivity (Wildman–Crippen MR) is 75.6 cm³/mol. The second-order valence-electron chi connectivity index (χ2n) is 4.38. The Morgan fingerprint density at radius 3 is 2.58 bits per heavy atom. The summed E-state index contributed by atoms with van der Waals surface area (Å²) in [6.07, 6.45) is 3.13. The third-order valence-electron chi connectivity index (χ3n) is 2.94. The minimum absolute atomic E-state index is 0.142. The van der Waals surface area contributed by atoms with E-state index in [-0.39, 0.29) is 5.03 Å². The van der Waals surface area contributed by atoms with Gasteiger partial charge in [-0.1, -0.05) is 20.8 Å². The molecule has 0 fully saturated rings. The topological polar surface area (TPSA) is 78.1 Å². The number of H-pyrrole nitrogens is 1. The minimum atomic E-state index is -3.46. The zero-order valence-corrected chi connectivity index (χ0v) is 12.8. The van der Waals surface area contributed by atoms with Crippen molar-refractivity contribution in [3.05, 3.63) is 12.0 Å². The molecule has 0 aliphatic rings. The summed E-state index contributed by atoms with van der Waals surface area (Å²) < 4.78 is 26.6. The van der Waals surface area contributed by atoms with Crippen LogP contribution in [0.3, 0.4) is 0 Å². The summed E-state index contributed by atoms with van der Waals surface area (Å²) in [5.41, 5.74) is 0. The van der Waals surface area contributed by atoms with Crippen LogP contribution in [0.5, 0.6) is 0 Å². The van der Waals surface area contributed by atoms with E-state index in [0.29, 0.717) is 18.8 Å². The number of likely N-dealkylation sites (N-methyl/N-ethyl adjacent to an activating group) is 1. The number of aromatic amines is 1. The van der Waals surface area contributed by atoms with Crippen LogP contribution in [-0.4, -0.2) is 49.5 Å². The average Bonchev–Trinajstić information content (AvgIpc) is 2.87. The summed E-state index contributed by atoms with van der Waals surface area (Å²) in [6.45, 7) is 9.17. The molecule has 0 spiro atoms. The summed E-state index contributed by atoms with van der Waals surface area (Å²) in [7, 11) is -3.46. The first-order valence-corrected chi connectivity index (χ1v) is 8.27. The maximum Gasteiger partial charge on any atom is 0.257 e. The van der Waals surface area contributed by atoms with Gasteiger partial charge in [0.05, 0.1) is 6.20 Å². The van der Waals surface area contributed by atoms with Gasteiger partial charge in [-0.05, 0) is 19.5 Å². The highest BCUT2D eigenvalue weighted by molar-refractivity contribution is 7.89. The molecule has 1 rings (SSSR count). The fourth-order valence-corrected chi connectivity index (χ4v) is 2.78. The van der Waals surface area contributed by atoms with Crippen LogP contribution in [0.25, 0.3) is 0 Å². The Kier molecular flexibility index (Phi) is 6.47. The van der Waals surface area contributed by atoms with Crippen LogP contribution >= 0.6 is 0 Å². The minimum Gasteiger partial charge on any atom is -0.332 e. The number of sulfonamides is 1. The van der Waals surface area contributed by atoms with Crippen molar-refractivity contribution in [1.29, 1.82) is 0 Å². The van der Waals surface area contributed by atoms with Crippen LogP contribution < -0.4 is 4.72 Å². The van der Waals surface area contributed by atoms with Gasteiger partial charge >= 0.3 is 0 Å². The number of aryl methyl sites for hydroxylation is 1. The molecule has 0 saturated heterocycles. The van der Waals surface area contributed by atoms with Crippen molar-refractivity contribution in [3.8, 4) is 0 Å². The molecule has 1 aromatic heterocycles. The Morgan fingerprint density at radius 1 is 1.32 bits per heavy atom. The maximum atomic E-state index is 12.0. The lowest BCUT2D eigenvalue weighted by Crippen LogP contribution is -2.35. The fraction of sp³-hybridized carbons (Fsp3) is 0.750. The van der Waals surface area contributed by atoms with E-state index in [9.17, 15) is 8.42 Å². The van der Waals surface area contributed by atoms with E-state index in [0.717, 1.165) is 26.1 Å². The summed E-state index contributed by atoms with van der Waals surface area (Å²) in [5, 5.41) is 0.142. The van der Waals surface area contributed by atoms with Crippen molar-refractivity contribution >= 4 is 10.0 Å². The van der Waals surface area contributed by atoms with Crippen molar-refractivity contribution in [2.45, 2.75) is 38.6 Å². The van der Waals surface area contributed by atoms with E-state index in [2.05, 4.69) is 33.4 Å². The number of rotatable bonds is 9. The van der Waals surface area contributed by atoms with Crippen LogP contribution in [0.15, 0.2) is 11.2 Å². The van der Waals surface area contributed by atoms with E-state index in [1.165, 1.54) is 6.20 Å². The number of imidazole rings is 1. The van der Waals surface area contributed by atoms with E-state index < -0.39 is 10.0 Å². The molecule has 0 bridgehead atoms. The molecule has 2 N–H and O–H groups in total. The Hall–Kier alpha value is -0.920. The normalized spacial score (nSPS) is 12.2. The predicted octanol–water partition coefficient (Wildman–Crippen LogP) is 0.982. The van der Waals surface area contributed by atoms with Crippen molar-refractivity contribution in [1.82, 2.24) is 19.6 Å². The summed E-state index contributed by atoms with van der Waals surface area (Å²) in [5.74, 6) is 0.682. The maximum absolute atomic E-state index is 12.0. The highest BCUT2D eigenvalue weighted by atomic mass is 32.2. The van der Waals surface area contributed by atoms with Gasteiger partial charge in [0.15, 0.2) is 5.03 Å². The van der Waals surface area contributed by atoms with Crippen LogP contribution in [0.2, 0.25) is 0 Å². The molecule has 110 valence electrons. The Morgan fingerprint density at radius 2 is 2.05 bits per heavy atom. The monoisotopic (exact) mass is 288 g/mol. The molecule has 6 nitrogen and oxygen atoms in total. The van der Waals surface area contributed by atoms with Crippen LogP contribution in [0, 0.1) is 0 Å². The van der Waals surface area contributed by atoms with Gasteiger partial charge in [0.1, 0.15) is 5.82 Å². The Bertz CT molecular complexity index is 470. The van der Waals surface area contributed by atoms with Gasteiger partial charge in [-0.3, -0.25) is 0 Å². The van der Waals surface area contributed by atoms with E-state index in [4.69, 9.17) is 0 Å². The van der Waals surface area contributed by atoms with Gasteiger partial charge in [-0.25, -0.2) is 18.1 Å². The molecule has 0 amide bonds. The van der Waals surface area contributed by atoms with Gasteiger partial charge < -0.3 is 9.88 Å². The third kappa shape index (κ3) is 4.93. The first-order valence-electron chi connectivity index (χ1n) is 6.79. The molecular weight excluding hydrogens is 264 g/mol. The fourth-order valence-electron chi connectivity index (χ4n) is 1.82. The lowest BCUT2D eigenvalue weighted by molar-refractivity contribution is 0.293. The smallest absolute Gasteiger partial charge is 0.257 e. The SMILES string of the molecule is CCCN(CC)CCNS(=O)(=O)c1cnc(CC)[nH]1. The lowest BCUT2D eigenvalue weighted by atomic mass is 10.4. The van der Waals surface area contributed by atoms with Gasteiger partial charge in [0, 0.05) is 19.5 Å². The summed E-state index contributed by atoms with van der Waals surface area (Å²) in [4.78, 5) is 9.03. The van der Waals surface area contributed by atoms with Crippen LogP contribution in [-0.2, 0) is 16.4 Å². The standard InChI is InChI=1S/C12H24N4O2S/c1-4-8-16(6-3)9-7-14-19(17,18)12-10-13-11(5-2)15-12/h10,14H,4-9H2,1-3H3,(H,13,15). The first-order chi connectivity index (χ1) is 9.03. The zero-order valence-electron chi connectivity index (χ0n) is 11.9. The van der Waals surface area contributed by atoms with E-state index in [1.54, 1.807) is 0 Å². The van der Waals surface area contributed by atoms with Gasteiger partial charge in [-0.15, -0.1) is 0 Å². The quantitative estimate of drug-likeness (QED) is 0.710. The molecule has 1 aromatic rings. The van der Waals surface area contributed by atoms with Crippen molar-refractivity contribution in [2.24, 2.45) is 0 Å². The molecule has 0 radical (unpaired) electrons. The Balaban J connectivity index is 2.51. The van der Waals surface area contributed by atoms with Gasteiger partial charge in [-0.2, -0.15) is 0 Å². The average molecular weight is 288 g/mol. The van der Waals surface area contributed by atoms with E-state index >= 15 is 0 Å². The van der Waals surface area contributed by atoms with Crippen molar-refractivity contribution in [3.63, 3.8) is 0 Å². The van der Waals surface area contributed by atoms with Gasteiger partial charge in [0.2, 0.25) is 0 Å². The first kappa shape index (κ1) is 16.1. The van der Waals surface area contributed by atoms with Crippen molar-refractivity contribution in [2.75, 3.05) is 26.2 Å². The molecule has 0 unspecified atom stereocenters. The molecule has 7 heteroatoms. The summed E-state index contributed by atoms with van der Waals surface area (Å²) >= 11 is 0. The molecule has 0 aromatic carbocycles. The molecule has 0 aliphatic heterocycles.